The molecule has 0 spiro atoms. The molecule has 0 radical (unpaired) electrons. The number of fused-ring (bicyclic) bond motifs is 1. The van der Waals surface area contributed by atoms with E-state index in [0.717, 1.165) is 18.1 Å². The number of nitrogens with one attached hydrogen (secondary N) is 1. The van der Waals surface area contributed by atoms with Gasteiger partial charge in [0.15, 0.2) is 5.82 Å². The van der Waals surface area contributed by atoms with Gasteiger partial charge in [0.2, 0.25) is 0 Å². The molecule has 3 nitrogen and oxygen atoms in total. The van der Waals surface area contributed by atoms with Crippen LogP contribution in [0.4, 0.5) is 11.5 Å². The fourth-order valence-corrected chi connectivity index (χ4v) is 1.68. The normalized spacial score (nSPS) is 18.7. The summed E-state index contributed by atoms with van der Waals surface area (Å²) in [5.41, 5.74) is 2.48. The van der Waals surface area contributed by atoms with Crippen LogP contribution in [-0.4, -0.2) is 24.1 Å². The molecule has 0 unspecified atom stereocenters. The summed E-state index contributed by atoms with van der Waals surface area (Å²) in [4.78, 5) is 6.69. The molecule has 0 amide bonds. The molecule has 0 aliphatic carbocycles. The monoisotopic (exact) mass is 191 g/mol. The van der Waals surface area contributed by atoms with Gasteiger partial charge < -0.3 is 10.2 Å². The first kappa shape index (κ1) is 9.31. The minimum atomic E-state index is 0.134. The van der Waals surface area contributed by atoms with Crippen LogP contribution in [0.1, 0.15) is 19.4 Å². The zero-order valence-corrected chi connectivity index (χ0v) is 9.26. The Balaban J connectivity index is 2.46. The molecule has 0 bridgehead atoms. The summed E-state index contributed by atoms with van der Waals surface area (Å²) < 4.78 is 0. The summed E-state index contributed by atoms with van der Waals surface area (Å²) in [5, 5.41) is 3.42. The summed E-state index contributed by atoms with van der Waals surface area (Å²) in [6.07, 6.45) is 1.92. The number of anilines is 2. The third-order valence-electron chi connectivity index (χ3n) is 2.94. The van der Waals surface area contributed by atoms with Gasteiger partial charge in [0, 0.05) is 19.8 Å². The molecule has 0 fully saturated rings. The topological polar surface area (TPSA) is 28.2 Å². The van der Waals surface area contributed by atoms with Crippen molar-refractivity contribution >= 4 is 11.5 Å². The number of hydrogen-bond donors (Lipinski definition) is 1. The maximum absolute atomic E-state index is 4.46. The van der Waals surface area contributed by atoms with Crippen LogP contribution in [0.2, 0.25) is 0 Å². The van der Waals surface area contributed by atoms with Crippen LogP contribution < -0.4 is 10.2 Å². The average Bonchev–Trinajstić information content (AvgIpc) is 2.12. The lowest BCUT2D eigenvalue weighted by atomic mass is 10.0. The van der Waals surface area contributed by atoms with E-state index in [1.165, 1.54) is 5.56 Å². The molecule has 2 heterocycles. The standard InChI is InChI=1S/C11H17N3/c1-8-5-9-10(12-6-8)14(4)11(2,3)7-13-9/h5-6,13H,7H2,1-4H3. The molecule has 1 aromatic heterocycles. The van der Waals surface area contributed by atoms with Gasteiger partial charge in [-0.15, -0.1) is 0 Å². The molecule has 0 saturated heterocycles. The van der Waals surface area contributed by atoms with E-state index in [2.05, 4.69) is 49.1 Å². The molecule has 0 saturated carbocycles. The third-order valence-corrected chi connectivity index (χ3v) is 2.94. The van der Waals surface area contributed by atoms with E-state index in [-0.39, 0.29) is 5.54 Å². The Bertz CT molecular complexity index is 358. The van der Waals surface area contributed by atoms with Crippen molar-refractivity contribution in [1.82, 2.24) is 4.98 Å². The molecule has 0 aromatic carbocycles. The highest BCUT2D eigenvalue weighted by molar-refractivity contribution is 5.69. The van der Waals surface area contributed by atoms with Crippen molar-refractivity contribution < 1.29 is 0 Å². The number of likely N-dealkylation sites (N-methyl/N-ethyl adjacent to an activating group) is 1. The second kappa shape index (κ2) is 2.87. The van der Waals surface area contributed by atoms with Crippen molar-refractivity contribution in [3.05, 3.63) is 17.8 Å². The number of hydrogen-bond acceptors (Lipinski definition) is 3. The summed E-state index contributed by atoms with van der Waals surface area (Å²) in [5.74, 6) is 1.05. The summed E-state index contributed by atoms with van der Waals surface area (Å²) >= 11 is 0. The van der Waals surface area contributed by atoms with Crippen LogP contribution in [0, 0.1) is 6.92 Å². The SMILES string of the molecule is Cc1cnc2c(c1)NCC(C)(C)N2C. The van der Waals surface area contributed by atoms with E-state index in [1.807, 2.05) is 6.20 Å². The van der Waals surface area contributed by atoms with E-state index >= 15 is 0 Å². The van der Waals surface area contributed by atoms with Crippen LogP contribution in [-0.2, 0) is 0 Å². The van der Waals surface area contributed by atoms with Crippen molar-refractivity contribution in [3.8, 4) is 0 Å². The van der Waals surface area contributed by atoms with Crippen LogP contribution in [0.15, 0.2) is 12.3 Å². The maximum Gasteiger partial charge on any atom is 0.152 e. The lowest BCUT2D eigenvalue weighted by molar-refractivity contribution is 0.497. The van der Waals surface area contributed by atoms with Crippen molar-refractivity contribution in [2.45, 2.75) is 26.3 Å². The third kappa shape index (κ3) is 1.33. The van der Waals surface area contributed by atoms with Crippen LogP contribution in [0.25, 0.3) is 0 Å². The highest BCUT2D eigenvalue weighted by Gasteiger charge is 2.30. The van der Waals surface area contributed by atoms with Gasteiger partial charge in [0.25, 0.3) is 0 Å². The van der Waals surface area contributed by atoms with Crippen LogP contribution in [0.3, 0.4) is 0 Å². The van der Waals surface area contributed by atoms with E-state index in [0.29, 0.717) is 0 Å². The molecular formula is C11H17N3. The van der Waals surface area contributed by atoms with Gasteiger partial charge in [0.1, 0.15) is 0 Å². The minimum absolute atomic E-state index is 0.134. The summed E-state index contributed by atoms with van der Waals surface area (Å²) in [7, 11) is 2.10. The van der Waals surface area contributed by atoms with Crippen molar-refractivity contribution in [2.24, 2.45) is 0 Å². The van der Waals surface area contributed by atoms with Gasteiger partial charge in [-0.2, -0.15) is 0 Å². The molecule has 1 N–H and O–H groups in total. The first-order valence-corrected chi connectivity index (χ1v) is 4.95. The molecule has 0 atom stereocenters. The lowest BCUT2D eigenvalue weighted by Gasteiger charge is -2.42. The molecule has 1 aromatic rings. The number of aromatic nitrogens is 1. The average molecular weight is 191 g/mol. The minimum Gasteiger partial charge on any atom is -0.380 e. The zero-order valence-electron chi connectivity index (χ0n) is 9.26. The first-order valence-electron chi connectivity index (χ1n) is 4.95. The number of nitrogens with zero attached hydrogens (tertiary/aromatic N) is 2. The van der Waals surface area contributed by atoms with Gasteiger partial charge >= 0.3 is 0 Å². The van der Waals surface area contributed by atoms with Crippen molar-refractivity contribution in [1.29, 1.82) is 0 Å². The Morgan fingerprint density at radius 2 is 2.21 bits per heavy atom. The van der Waals surface area contributed by atoms with E-state index in [9.17, 15) is 0 Å². The predicted octanol–water partition coefficient (Wildman–Crippen LogP) is 2.03. The highest BCUT2D eigenvalue weighted by atomic mass is 15.3. The quantitative estimate of drug-likeness (QED) is 0.680. The van der Waals surface area contributed by atoms with Gasteiger partial charge in [0.05, 0.1) is 11.2 Å². The Labute approximate surface area is 85.1 Å². The summed E-state index contributed by atoms with van der Waals surface area (Å²) in [6.45, 7) is 7.45. The van der Waals surface area contributed by atoms with Crippen LogP contribution in [0.5, 0.6) is 0 Å². The summed E-state index contributed by atoms with van der Waals surface area (Å²) in [6, 6.07) is 2.15. The molecule has 76 valence electrons. The fraction of sp³-hybridized carbons (Fsp3) is 0.545. The molecule has 1 aliphatic heterocycles. The molecular weight excluding hydrogens is 174 g/mol. The van der Waals surface area contributed by atoms with E-state index in [1.54, 1.807) is 0 Å². The molecule has 2 rings (SSSR count). The second-order valence-corrected chi connectivity index (χ2v) is 4.61. The fourth-order valence-electron chi connectivity index (χ4n) is 1.68. The number of aryl methyl sites for hydroxylation is 1. The van der Waals surface area contributed by atoms with Gasteiger partial charge in [-0.3, -0.25) is 0 Å². The Morgan fingerprint density at radius 3 is 2.93 bits per heavy atom. The Hall–Kier alpha value is -1.25. The van der Waals surface area contributed by atoms with Crippen molar-refractivity contribution in [2.75, 3.05) is 23.8 Å². The van der Waals surface area contributed by atoms with Gasteiger partial charge in [-0.05, 0) is 32.4 Å². The van der Waals surface area contributed by atoms with Crippen LogP contribution >= 0.6 is 0 Å². The number of rotatable bonds is 0. The maximum atomic E-state index is 4.46. The first-order chi connectivity index (χ1) is 6.50. The Morgan fingerprint density at radius 1 is 1.50 bits per heavy atom. The molecule has 3 heteroatoms. The number of pyridine rings is 1. The lowest BCUT2D eigenvalue weighted by Crippen LogP contribution is -2.50. The molecule has 1 aliphatic rings. The van der Waals surface area contributed by atoms with E-state index < -0.39 is 0 Å². The zero-order chi connectivity index (χ0) is 10.3. The van der Waals surface area contributed by atoms with Gasteiger partial charge in [-0.1, -0.05) is 0 Å². The smallest absolute Gasteiger partial charge is 0.152 e. The Kier molecular flexibility index (Phi) is 1.91. The van der Waals surface area contributed by atoms with Crippen molar-refractivity contribution in [3.63, 3.8) is 0 Å². The van der Waals surface area contributed by atoms with Gasteiger partial charge in [-0.25, -0.2) is 4.98 Å². The predicted molar refractivity (Wildman–Crippen MR) is 59.9 cm³/mol. The highest BCUT2D eigenvalue weighted by Crippen LogP contribution is 2.32. The van der Waals surface area contributed by atoms with E-state index in [4.69, 9.17) is 0 Å². The largest absolute Gasteiger partial charge is 0.380 e. The second-order valence-electron chi connectivity index (χ2n) is 4.61. The molecule has 14 heavy (non-hydrogen) atoms.